The molecule has 2 aromatic rings. The number of hydrogen-bond acceptors (Lipinski definition) is 5. The number of aryl methyl sites for hydroxylation is 1. The number of amides is 2. The molecule has 2 saturated heterocycles. The molecule has 0 unspecified atom stereocenters. The Morgan fingerprint density at radius 1 is 1.12 bits per heavy atom. The van der Waals surface area contributed by atoms with Crippen molar-refractivity contribution in [1.29, 1.82) is 0 Å². The number of rotatable bonds is 5. The van der Waals surface area contributed by atoms with E-state index in [0.717, 1.165) is 37.3 Å². The highest BCUT2D eigenvalue weighted by molar-refractivity contribution is 6.30. The third-order valence-electron chi connectivity index (χ3n) is 6.59. The van der Waals surface area contributed by atoms with Crippen LogP contribution in [-0.4, -0.2) is 72.0 Å². The second kappa shape index (κ2) is 10.0. The molecule has 4 rings (SSSR count). The van der Waals surface area contributed by atoms with Crippen molar-refractivity contribution in [3.8, 4) is 5.75 Å². The molecule has 0 aromatic heterocycles. The molecule has 2 aliphatic rings. The van der Waals surface area contributed by atoms with E-state index in [1.54, 1.807) is 25.1 Å². The van der Waals surface area contributed by atoms with Gasteiger partial charge in [0.15, 0.2) is 0 Å². The minimum Gasteiger partial charge on any atom is -0.508 e. The van der Waals surface area contributed by atoms with E-state index in [9.17, 15) is 14.7 Å². The first-order valence-electron chi connectivity index (χ1n) is 11.4. The van der Waals surface area contributed by atoms with Crippen molar-refractivity contribution in [1.82, 2.24) is 9.80 Å². The molecule has 2 heterocycles. The summed E-state index contributed by atoms with van der Waals surface area (Å²) in [6.07, 6.45) is 0.730. The minimum absolute atomic E-state index is 0.0430. The summed E-state index contributed by atoms with van der Waals surface area (Å²) in [5.41, 5.74) is 2.48. The van der Waals surface area contributed by atoms with Crippen molar-refractivity contribution in [2.45, 2.75) is 26.3 Å². The van der Waals surface area contributed by atoms with Crippen molar-refractivity contribution < 1.29 is 14.7 Å². The number of aromatic hydroxyl groups is 1. The summed E-state index contributed by atoms with van der Waals surface area (Å²) in [5, 5.41) is 13.3. The van der Waals surface area contributed by atoms with Gasteiger partial charge >= 0.3 is 0 Å². The van der Waals surface area contributed by atoms with Gasteiger partial charge in [-0.3, -0.25) is 14.5 Å². The number of nitrogens with zero attached hydrogens (tertiary/aromatic N) is 3. The van der Waals surface area contributed by atoms with E-state index in [4.69, 9.17) is 11.6 Å². The highest BCUT2D eigenvalue weighted by Gasteiger charge is 2.33. The van der Waals surface area contributed by atoms with Gasteiger partial charge in [-0.15, -0.1) is 0 Å². The summed E-state index contributed by atoms with van der Waals surface area (Å²) in [6, 6.07) is 13.0. The summed E-state index contributed by atoms with van der Waals surface area (Å²) in [5.74, 6) is 0.132. The quantitative estimate of drug-likeness (QED) is 0.655. The van der Waals surface area contributed by atoms with E-state index >= 15 is 0 Å². The van der Waals surface area contributed by atoms with Gasteiger partial charge in [-0.1, -0.05) is 17.7 Å². The Kier molecular flexibility index (Phi) is 7.10. The largest absolute Gasteiger partial charge is 0.508 e. The summed E-state index contributed by atoms with van der Waals surface area (Å²) in [6.45, 7) is 7.73. The Balaban J connectivity index is 1.27. The van der Waals surface area contributed by atoms with Gasteiger partial charge in [0.2, 0.25) is 11.8 Å². The first kappa shape index (κ1) is 23.4. The Labute approximate surface area is 199 Å². The van der Waals surface area contributed by atoms with Gasteiger partial charge < -0.3 is 20.2 Å². The van der Waals surface area contributed by atoms with E-state index in [0.29, 0.717) is 30.3 Å². The molecule has 0 radical (unpaired) electrons. The minimum atomic E-state index is -0.149. The average Bonchev–Trinajstić information content (AvgIpc) is 3.25. The van der Waals surface area contributed by atoms with Crippen LogP contribution in [0.1, 0.15) is 18.9 Å². The van der Waals surface area contributed by atoms with Crippen molar-refractivity contribution >= 4 is 34.8 Å². The fraction of sp³-hybridized carbons (Fsp3) is 0.440. The Hall–Kier alpha value is -2.77. The molecule has 2 N–H and O–H groups in total. The number of anilines is 2. The molecule has 176 valence electrons. The Bertz CT molecular complexity index is 1030. The van der Waals surface area contributed by atoms with Crippen LogP contribution in [0.5, 0.6) is 5.75 Å². The van der Waals surface area contributed by atoms with Gasteiger partial charge in [-0.2, -0.15) is 0 Å². The maximum atomic E-state index is 13.0. The van der Waals surface area contributed by atoms with Gasteiger partial charge in [0.25, 0.3) is 0 Å². The number of carbonyl (C=O) groups is 2. The zero-order valence-electron chi connectivity index (χ0n) is 19.1. The topological polar surface area (TPSA) is 76.1 Å². The highest BCUT2D eigenvalue weighted by Crippen LogP contribution is 2.25. The predicted molar refractivity (Wildman–Crippen MR) is 131 cm³/mol. The van der Waals surface area contributed by atoms with Crippen LogP contribution in [0.15, 0.2) is 42.5 Å². The van der Waals surface area contributed by atoms with E-state index in [2.05, 4.69) is 22.0 Å². The van der Waals surface area contributed by atoms with Crippen molar-refractivity contribution in [2.75, 3.05) is 49.5 Å². The maximum absolute atomic E-state index is 13.0. The number of likely N-dealkylation sites (tertiary alicyclic amines) is 1. The number of carbonyl (C=O) groups excluding carboxylic acids is 2. The molecule has 33 heavy (non-hydrogen) atoms. The maximum Gasteiger partial charge on any atom is 0.237 e. The number of halogens is 1. The van der Waals surface area contributed by atoms with Gasteiger partial charge in [-0.05, 0) is 68.8 Å². The number of benzene rings is 2. The molecule has 2 amide bonds. The number of phenols is 1. The molecule has 0 bridgehead atoms. The molecular formula is C25H31ClN4O3. The van der Waals surface area contributed by atoms with E-state index in [1.807, 2.05) is 29.2 Å². The third kappa shape index (κ3) is 5.60. The molecule has 2 aliphatic heterocycles. The molecule has 0 aliphatic carbocycles. The Morgan fingerprint density at radius 2 is 1.94 bits per heavy atom. The van der Waals surface area contributed by atoms with Crippen LogP contribution in [0.3, 0.4) is 0 Å². The van der Waals surface area contributed by atoms with Crippen LogP contribution in [0.2, 0.25) is 5.02 Å². The van der Waals surface area contributed by atoms with E-state index in [-0.39, 0.29) is 29.5 Å². The number of phenolic OH excluding ortho intramolecular Hbond substituents is 1. The van der Waals surface area contributed by atoms with Crippen LogP contribution in [0, 0.1) is 12.8 Å². The van der Waals surface area contributed by atoms with Crippen molar-refractivity contribution in [2.24, 2.45) is 5.92 Å². The smallest absolute Gasteiger partial charge is 0.237 e. The van der Waals surface area contributed by atoms with Crippen molar-refractivity contribution in [3.63, 3.8) is 0 Å². The molecule has 2 fully saturated rings. The van der Waals surface area contributed by atoms with Crippen LogP contribution >= 0.6 is 11.6 Å². The molecule has 2 atom stereocenters. The third-order valence-corrected chi connectivity index (χ3v) is 6.82. The lowest BCUT2D eigenvalue weighted by Gasteiger charge is -2.41. The zero-order chi connectivity index (χ0) is 23.5. The first-order valence-corrected chi connectivity index (χ1v) is 11.8. The summed E-state index contributed by atoms with van der Waals surface area (Å²) >= 11 is 6.13. The predicted octanol–water partition coefficient (Wildman–Crippen LogP) is 3.35. The van der Waals surface area contributed by atoms with E-state index < -0.39 is 0 Å². The van der Waals surface area contributed by atoms with Crippen LogP contribution in [-0.2, 0) is 9.59 Å². The molecule has 0 spiro atoms. The lowest BCUT2D eigenvalue weighted by atomic mass is 10.1. The second-order valence-corrected chi connectivity index (χ2v) is 9.51. The van der Waals surface area contributed by atoms with Crippen LogP contribution < -0.4 is 10.2 Å². The van der Waals surface area contributed by atoms with E-state index in [1.165, 1.54) is 0 Å². The fourth-order valence-electron chi connectivity index (χ4n) is 4.69. The SMILES string of the molecule is Cc1cc(NC(=O)[C@@H]2CCN(CC(=O)N3CCN(c4cccc(Cl)c4)C[C@@H]3C)C2)ccc1O. The van der Waals surface area contributed by atoms with Crippen LogP contribution in [0.25, 0.3) is 0 Å². The molecule has 7 nitrogen and oxygen atoms in total. The lowest BCUT2D eigenvalue weighted by Crippen LogP contribution is -2.56. The highest BCUT2D eigenvalue weighted by atomic mass is 35.5. The summed E-state index contributed by atoms with van der Waals surface area (Å²) < 4.78 is 0. The van der Waals surface area contributed by atoms with Crippen molar-refractivity contribution in [3.05, 3.63) is 53.1 Å². The average molecular weight is 471 g/mol. The first-order chi connectivity index (χ1) is 15.8. The molecule has 0 saturated carbocycles. The van der Waals surface area contributed by atoms with Gasteiger partial charge in [0.05, 0.1) is 12.5 Å². The normalized spacial score (nSPS) is 21.3. The summed E-state index contributed by atoms with van der Waals surface area (Å²) in [7, 11) is 0. The fourth-order valence-corrected chi connectivity index (χ4v) is 4.87. The van der Waals surface area contributed by atoms with Crippen LogP contribution in [0.4, 0.5) is 11.4 Å². The number of nitrogens with one attached hydrogen (secondary N) is 1. The van der Waals surface area contributed by atoms with Gasteiger partial charge in [0.1, 0.15) is 5.75 Å². The molecule has 8 heteroatoms. The summed E-state index contributed by atoms with van der Waals surface area (Å²) in [4.78, 5) is 32.0. The van der Waals surface area contributed by atoms with Gasteiger partial charge in [-0.25, -0.2) is 0 Å². The number of piperazine rings is 1. The lowest BCUT2D eigenvalue weighted by molar-refractivity contribution is -0.134. The monoisotopic (exact) mass is 470 g/mol. The number of hydrogen-bond donors (Lipinski definition) is 2. The molecular weight excluding hydrogens is 440 g/mol. The Morgan fingerprint density at radius 3 is 2.67 bits per heavy atom. The zero-order valence-corrected chi connectivity index (χ0v) is 19.9. The standard InChI is InChI=1S/C25H31ClN4O3/c1-17-12-21(6-7-23(17)31)27-25(33)19-8-9-28(15-19)16-24(32)30-11-10-29(14-18(30)2)22-5-3-4-20(26)13-22/h3-7,12-13,18-19,31H,8-11,14-16H2,1-2H3,(H,27,33)/t18-,19+/m0/s1. The second-order valence-electron chi connectivity index (χ2n) is 9.07. The van der Waals surface area contributed by atoms with Gasteiger partial charge in [0, 0.05) is 48.6 Å². The molecule has 2 aromatic carbocycles.